The Balaban J connectivity index is 1.93. The Labute approximate surface area is 120 Å². The minimum absolute atomic E-state index is 0.158. The number of rotatable bonds is 4. The second kappa shape index (κ2) is 5.67. The van der Waals surface area contributed by atoms with Crippen molar-refractivity contribution < 1.29 is 14.3 Å². The highest BCUT2D eigenvalue weighted by molar-refractivity contribution is 6.43. The first-order valence-electron chi connectivity index (χ1n) is 5.68. The molecule has 7 heteroatoms. The quantitative estimate of drug-likeness (QED) is 0.658. The zero-order chi connectivity index (χ0) is 14.0. The maximum Gasteiger partial charge on any atom is 0.338 e. The van der Waals surface area contributed by atoms with Crippen molar-refractivity contribution in [3.8, 4) is 0 Å². The third-order valence-corrected chi connectivity index (χ3v) is 3.39. The Hall–Kier alpha value is -1.46. The van der Waals surface area contributed by atoms with Crippen molar-refractivity contribution in [2.24, 2.45) is 0 Å². The fourth-order valence-electron chi connectivity index (χ4n) is 1.44. The van der Waals surface area contributed by atoms with Crippen LogP contribution in [0.4, 0.5) is 5.69 Å². The highest BCUT2D eigenvalue weighted by Gasteiger charge is 2.23. The molecule has 1 saturated carbocycles. The number of hydrogen-bond acceptors (Lipinski definition) is 4. The van der Waals surface area contributed by atoms with E-state index >= 15 is 0 Å². The van der Waals surface area contributed by atoms with Crippen molar-refractivity contribution in [3.05, 3.63) is 27.7 Å². The molecule has 1 amide bonds. The van der Waals surface area contributed by atoms with E-state index in [4.69, 9.17) is 33.7 Å². The topological polar surface area (TPSA) is 81.4 Å². The Bertz CT molecular complexity index is 507. The fourth-order valence-corrected chi connectivity index (χ4v) is 1.78. The van der Waals surface area contributed by atoms with E-state index in [1.165, 1.54) is 12.1 Å². The molecule has 0 saturated heterocycles. The largest absolute Gasteiger partial charge is 0.452 e. The van der Waals surface area contributed by atoms with E-state index in [1.54, 1.807) is 0 Å². The summed E-state index contributed by atoms with van der Waals surface area (Å²) in [5.74, 6) is -0.986. The molecule has 102 valence electrons. The van der Waals surface area contributed by atoms with Gasteiger partial charge >= 0.3 is 5.97 Å². The SMILES string of the molecule is Nc1cc(C(=O)OCC(=O)NC2CC2)cc(Cl)c1Cl. The van der Waals surface area contributed by atoms with Crippen molar-refractivity contribution >= 4 is 40.8 Å². The molecule has 3 N–H and O–H groups in total. The number of carbonyl (C=O) groups excluding carboxylic acids is 2. The third-order valence-electron chi connectivity index (χ3n) is 2.57. The van der Waals surface area contributed by atoms with E-state index in [9.17, 15) is 9.59 Å². The molecule has 0 aromatic heterocycles. The van der Waals surface area contributed by atoms with Crippen LogP contribution in [0.5, 0.6) is 0 Å². The third kappa shape index (κ3) is 3.75. The van der Waals surface area contributed by atoms with Gasteiger partial charge in [0.15, 0.2) is 6.61 Å². The molecule has 0 heterocycles. The number of benzene rings is 1. The first-order valence-corrected chi connectivity index (χ1v) is 6.44. The van der Waals surface area contributed by atoms with Crippen LogP contribution in [0.1, 0.15) is 23.2 Å². The van der Waals surface area contributed by atoms with Crippen molar-refractivity contribution in [1.82, 2.24) is 5.32 Å². The van der Waals surface area contributed by atoms with E-state index in [0.29, 0.717) is 0 Å². The summed E-state index contributed by atoms with van der Waals surface area (Å²) in [5, 5.41) is 3.05. The molecule has 1 aromatic rings. The van der Waals surface area contributed by atoms with Gasteiger partial charge in [-0.05, 0) is 25.0 Å². The molecule has 1 fully saturated rings. The molecule has 5 nitrogen and oxygen atoms in total. The summed E-state index contributed by atoms with van der Waals surface area (Å²) in [5.41, 5.74) is 5.93. The molecule has 1 aliphatic carbocycles. The molecule has 0 radical (unpaired) electrons. The Morgan fingerprint density at radius 2 is 2.05 bits per heavy atom. The van der Waals surface area contributed by atoms with Crippen molar-refractivity contribution in [3.63, 3.8) is 0 Å². The summed E-state index contributed by atoms with van der Waals surface area (Å²) in [6.07, 6.45) is 1.95. The minimum Gasteiger partial charge on any atom is -0.452 e. The van der Waals surface area contributed by atoms with Crippen LogP contribution >= 0.6 is 23.2 Å². The summed E-state index contributed by atoms with van der Waals surface area (Å²) < 4.78 is 4.86. The lowest BCUT2D eigenvalue weighted by Crippen LogP contribution is -2.30. The lowest BCUT2D eigenvalue weighted by atomic mass is 10.2. The van der Waals surface area contributed by atoms with Gasteiger partial charge in [-0.1, -0.05) is 23.2 Å². The highest BCUT2D eigenvalue weighted by atomic mass is 35.5. The minimum atomic E-state index is -0.670. The lowest BCUT2D eigenvalue weighted by molar-refractivity contribution is -0.124. The van der Waals surface area contributed by atoms with Gasteiger partial charge in [0, 0.05) is 6.04 Å². The molecule has 1 aromatic carbocycles. The van der Waals surface area contributed by atoms with Gasteiger partial charge in [0.2, 0.25) is 0 Å². The number of amides is 1. The second-order valence-electron chi connectivity index (χ2n) is 4.28. The van der Waals surface area contributed by atoms with Crippen LogP contribution < -0.4 is 11.1 Å². The molecular weight excluding hydrogens is 291 g/mol. The first kappa shape index (κ1) is 14.0. The van der Waals surface area contributed by atoms with Crippen LogP contribution in [0.3, 0.4) is 0 Å². The predicted octanol–water partition coefficient (Wildman–Crippen LogP) is 2.01. The number of hydrogen-bond donors (Lipinski definition) is 2. The number of ether oxygens (including phenoxy) is 1. The summed E-state index contributed by atoms with van der Waals surface area (Å²) >= 11 is 11.6. The molecule has 19 heavy (non-hydrogen) atoms. The average molecular weight is 303 g/mol. The second-order valence-corrected chi connectivity index (χ2v) is 5.06. The first-order chi connectivity index (χ1) is 8.97. The van der Waals surface area contributed by atoms with Gasteiger partial charge in [0.05, 0.1) is 21.3 Å². The van der Waals surface area contributed by atoms with Gasteiger partial charge in [-0.2, -0.15) is 0 Å². The maximum absolute atomic E-state index is 11.7. The Kier molecular flexibility index (Phi) is 4.17. The molecule has 0 aliphatic heterocycles. The van der Waals surface area contributed by atoms with Crippen LogP contribution in [-0.2, 0) is 9.53 Å². The molecule has 0 bridgehead atoms. The lowest BCUT2D eigenvalue weighted by Gasteiger charge is -2.07. The summed E-state index contributed by atoms with van der Waals surface area (Å²) in [7, 11) is 0. The van der Waals surface area contributed by atoms with Crippen molar-refractivity contribution in [2.75, 3.05) is 12.3 Å². The summed E-state index contributed by atoms with van der Waals surface area (Å²) in [4.78, 5) is 23.1. The number of halogens is 2. The molecule has 0 atom stereocenters. The van der Waals surface area contributed by atoms with Crippen LogP contribution in [0.15, 0.2) is 12.1 Å². The van der Waals surface area contributed by atoms with Gasteiger partial charge < -0.3 is 15.8 Å². The van der Waals surface area contributed by atoms with E-state index in [0.717, 1.165) is 12.8 Å². The number of nitrogens with two attached hydrogens (primary N) is 1. The highest BCUT2D eigenvalue weighted by Crippen LogP contribution is 2.29. The van der Waals surface area contributed by atoms with Crippen molar-refractivity contribution in [2.45, 2.75) is 18.9 Å². The zero-order valence-corrected chi connectivity index (χ0v) is 11.4. The van der Waals surface area contributed by atoms with E-state index in [-0.39, 0.29) is 39.9 Å². The number of nitrogens with one attached hydrogen (secondary N) is 1. The molecular formula is C12H12Cl2N2O3. The van der Waals surface area contributed by atoms with Gasteiger partial charge in [-0.3, -0.25) is 4.79 Å². The number of esters is 1. The molecule has 0 spiro atoms. The maximum atomic E-state index is 11.7. The van der Waals surface area contributed by atoms with Crippen LogP contribution in [0, 0.1) is 0 Å². The normalized spacial score (nSPS) is 14.0. The predicted molar refractivity (Wildman–Crippen MR) is 72.3 cm³/mol. The van der Waals surface area contributed by atoms with Crippen LogP contribution in [0.25, 0.3) is 0 Å². The summed E-state index contributed by atoms with van der Waals surface area (Å²) in [6, 6.07) is 2.93. The zero-order valence-electron chi connectivity index (χ0n) is 9.91. The smallest absolute Gasteiger partial charge is 0.338 e. The number of nitrogen functional groups attached to an aromatic ring is 1. The van der Waals surface area contributed by atoms with E-state index in [1.807, 2.05) is 0 Å². The summed E-state index contributed by atoms with van der Waals surface area (Å²) in [6.45, 7) is -0.324. The van der Waals surface area contributed by atoms with Gasteiger partial charge in [0.25, 0.3) is 5.91 Å². The fraction of sp³-hybridized carbons (Fsp3) is 0.333. The van der Waals surface area contributed by atoms with E-state index in [2.05, 4.69) is 5.32 Å². The van der Waals surface area contributed by atoms with Crippen LogP contribution in [-0.4, -0.2) is 24.5 Å². The van der Waals surface area contributed by atoms with Crippen LogP contribution in [0.2, 0.25) is 10.0 Å². The monoisotopic (exact) mass is 302 g/mol. The number of anilines is 1. The van der Waals surface area contributed by atoms with E-state index < -0.39 is 5.97 Å². The molecule has 1 aliphatic rings. The van der Waals surface area contributed by atoms with Gasteiger partial charge in [-0.25, -0.2) is 4.79 Å². The standard InChI is InChI=1S/C12H12Cl2N2O3/c13-8-3-6(4-9(15)11(8)14)12(18)19-5-10(17)16-7-1-2-7/h3-4,7H,1-2,5,15H2,(H,16,17). The van der Waals surface area contributed by atoms with Crippen molar-refractivity contribution in [1.29, 1.82) is 0 Å². The molecule has 2 rings (SSSR count). The number of carbonyl (C=O) groups is 2. The van der Waals surface area contributed by atoms with Gasteiger partial charge in [0.1, 0.15) is 0 Å². The Morgan fingerprint density at radius 1 is 1.37 bits per heavy atom. The average Bonchev–Trinajstić information content (AvgIpc) is 3.16. The van der Waals surface area contributed by atoms with Gasteiger partial charge in [-0.15, -0.1) is 0 Å². The Morgan fingerprint density at radius 3 is 2.63 bits per heavy atom. The molecule has 0 unspecified atom stereocenters.